The van der Waals surface area contributed by atoms with Gasteiger partial charge in [-0.25, -0.2) is 0 Å². The summed E-state index contributed by atoms with van der Waals surface area (Å²) in [6.07, 6.45) is 0. The van der Waals surface area contributed by atoms with Gasteiger partial charge in [-0.2, -0.15) is 11.3 Å². The second kappa shape index (κ2) is 5.49. The van der Waals surface area contributed by atoms with E-state index in [-0.39, 0.29) is 12.6 Å². The number of aliphatic hydroxyl groups excluding tert-OH is 1. The minimum Gasteiger partial charge on any atom is -0.395 e. The van der Waals surface area contributed by atoms with Gasteiger partial charge in [0.1, 0.15) is 0 Å². The molecule has 1 aromatic rings. The van der Waals surface area contributed by atoms with Crippen LogP contribution in [0, 0.1) is 5.92 Å². The molecule has 0 radical (unpaired) electrons. The second-order valence-corrected chi connectivity index (χ2v) is 4.76. The van der Waals surface area contributed by atoms with E-state index in [0.717, 1.165) is 0 Å². The van der Waals surface area contributed by atoms with Gasteiger partial charge in [-0.05, 0) is 35.2 Å². The number of nitrogens with one attached hydrogen (secondary N) is 1. The van der Waals surface area contributed by atoms with Gasteiger partial charge in [-0.3, -0.25) is 0 Å². The minimum atomic E-state index is 0.185. The number of aliphatic hydroxyl groups is 1. The summed E-state index contributed by atoms with van der Waals surface area (Å²) in [6.45, 7) is 6.57. The molecule has 0 saturated heterocycles. The average molecular weight is 213 g/mol. The molecule has 80 valence electrons. The third kappa shape index (κ3) is 3.08. The molecule has 1 unspecified atom stereocenters. The summed E-state index contributed by atoms with van der Waals surface area (Å²) in [4.78, 5) is 0. The fraction of sp³-hybridized carbons (Fsp3) is 0.636. The van der Waals surface area contributed by atoms with Crippen molar-refractivity contribution in [2.75, 3.05) is 6.61 Å². The molecule has 2 N–H and O–H groups in total. The Kier molecular flexibility index (Phi) is 4.58. The van der Waals surface area contributed by atoms with Crippen LogP contribution in [0.3, 0.4) is 0 Å². The van der Waals surface area contributed by atoms with E-state index in [4.69, 9.17) is 0 Å². The Bertz CT molecular complexity index is 246. The molecule has 2 nitrogen and oxygen atoms in total. The Morgan fingerprint density at radius 2 is 2.14 bits per heavy atom. The van der Waals surface area contributed by atoms with E-state index in [1.807, 2.05) is 0 Å². The Labute approximate surface area is 90.0 Å². The van der Waals surface area contributed by atoms with Crippen LogP contribution < -0.4 is 5.32 Å². The number of thiophene rings is 1. The van der Waals surface area contributed by atoms with Crippen molar-refractivity contribution in [2.45, 2.75) is 32.9 Å². The molecule has 0 fully saturated rings. The van der Waals surface area contributed by atoms with E-state index < -0.39 is 0 Å². The van der Waals surface area contributed by atoms with Gasteiger partial charge in [0, 0.05) is 12.1 Å². The molecule has 1 aromatic heterocycles. The number of hydrogen-bond acceptors (Lipinski definition) is 3. The highest BCUT2D eigenvalue weighted by molar-refractivity contribution is 7.07. The maximum atomic E-state index is 9.18. The van der Waals surface area contributed by atoms with Crippen LogP contribution >= 0.6 is 11.3 Å². The van der Waals surface area contributed by atoms with Gasteiger partial charge in [-0.15, -0.1) is 0 Å². The van der Waals surface area contributed by atoms with Crippen molar-refractivity contribution in [2.24, 2.45) is 5.92 Å². The van der Waals surface area contributed by atoms with Crippen molar-refractivity contribution in [3.63, 3.8) is 0 Å². The molecule has 0 aliphatic rings. The lowest BCUT2D eigenvalue weighted by molar-refractivity contribution is 0.201. The third-order valence-corrected chi connectivity index (χ3v) is 3.21. The predicted molar refractivity (Wildman–Crippen MR) is 61.6 cm³/mol. The number of rotatable bonds is 5. The van der Waals surface area contributed by atoms with E-state index in [9.17, 15) is 5.11 Å². The topological polar surface area (TPSA) is 32.3 Å². The van der Waals surface area contributed by atoms with Crippen LogP contribution in [0.4, 0.5) is 0 Å². The highest BCUT2D eigenvalue weighted by Crippen LogP contribution is 2.17. The summed E-state index contributed by atoms with van der Waals surface area (Å²) in [7, 11) is 0. The summed E-state index contributed by atoms with van der Waals surface area (Å²) in [5, 5.41) is 16.8. The molecule has 2 atom stereocenters. The average Bonchev–Trinajstić information content (AvgIpc) is 2.65. The monoisotopic (exact) mass is 213 g/mol. The van der Waals surface area contributed by atoms with Gasteiger partial charge in [-0.1, -0.05) is 13.8 Å². The molecule has 1 heterocycles. The Morgan fingerprint density at radius 1 is 1.43 bits per heavy atom. The molecule has 3 heteroatoms. The van der Waals surface area contributed by atoms with Crippen LogP contribution in [-0.4, -0.2) is 17.8 Å². The summed E-state index contributed by atoms with van der Waals surface area (Å²) in [5.74, 6) is 0.459. The van der Waals surface area contributed by atoms with Crippen molar-refractivity contribution >= 4 is 11.3 Å². The second-order valence-electron chi connectivity index (χ2n) is 3.98. The van der Waals surface area contributed by atoms with Crippen LogP contribution in [0.2, 0.25) is 0 Å². The van der Waals surface area contributed by atoms with E-state index in [1.165, 1.54) is 5.56 Å². The first kappa shape index (κ1) is 11.7. The van der Waals surface area contributed by atoms with Crippen LogP contribution in [-0.2, 0) is 0 Å². The van der Waals surface area contributed by atoms with Crippen molar-refractivity contribution in [3.05, 3.63) is 22.4 Å². The van der Waals surface area contributed by atoms with Crippen LogP contribution in [0.25, 0.3) is 0 Å². The molecule has 0 spiro atoms. The van der Waals surface area contributed by atoms with Gasteiger partial charge in [0.2, 0.25) is 0 Å². The zero-order valence-electron chi connectivity index (χ0n) is 9.03. The highest BCUT2D eigenvalue weighted by atomic mass is 32.1. The molecule has 1 rings (SSSR count). The SMILES string of the molecule is CC(N[C@H](CO)C(C)C)c1ccsc1. The number of hydrogen-bond donors (Lipinski definition) is 2. The van der Waals surface area contributed by atoms with Gasteiger partial charge >= 0.3 is 0 Å². The van der Waals surface area contributed by atoms with Crippen molar-refractivity contribution in [1.82, 2.24) is 5.32 Å². The van der Waals surface area contributed by atoms with Gasteiger partial charge in [0.15, 0.2) is 0 Å². The zero-order valence-corrected chi connectivity index (χ0v) is 9.84. The van der Waals surface area contributed by atoms with E-state index >= 15 is 0 Å². The first-order valence-corrected chi connectivity index (χ1v) is 5.98. The van der Waals surface area contributed by atoms with Gasteiger partial charge < -0.3 is 10.4 Å². The Balaban J connectivity index is 2.51. The Hall–Kier alpha value is -0.380. The van der Waals surface area contributed by atoms with E-state index in [2.05, 4.69) is 42.9 Å². The fourth-order valence-corrected chi connectivity index (χ4v) is 2.15. The lowest BCUT2D eigenvalue weighted by Crippen LogP contribution is -2.38. The van der Waals surface area contributed by atoms with Crippen LogP contribution in [0.1, 0.15) is 32.4 Å². The summed E-state index contributed by atoms with van der Waals surface area (Å²) in [5.41, 5.74) is 1.30. The molecular weight excluding hydrogens is 194 g/mol. The smallest absolute Gasteiger partial charge is 0.0587 e. The van der Waals surface area contributed by atoms with Crippen molar-refractivity contribution in [1.29, 1.82) is 0 Å². The van der Waals surface area contributed by atoms with Crippen LogP contribution in [0.15, 0.2) is 16.8 Å². The normalized spacial score (nSPS) is 15.8. The van der Waals surface area contributed by atoms with E-state index in [0.29, 0.717) is 12.0 Å². The Morgan fingerprint density at radius 3 is 2.57 bits per heavy atom. The molecule has 14 heavy (non-hydrogen) atoms. The van der Waals surface area contributed by atoms with E-state index in [1.54, 1.807) is 11.3 Å². The zero-order chi connectivity index (χ0) is 10.6. The van der Waals surface area contributed by atoms with Gasteiger partial charge in [0.25, 0.3) is 0 Å². The minimum absolute atomic E-state index is 0.185. The largest absolute Gasteiger partial charge is 0.395 e. The molecular formula is C11H19NOS. The summed E-state index contributed by atoms with van der Waals surface area (Å²) >= 11 is 1.71. The first-order valence-electron chi connectivity index (χ1n) is 5.04. The summed E-state index contributed by atoms with van der Waals surface area (Å²) < 4.78 is 0. The molecule has 0 amide bonds. The summed E-state index contributed by atoms with van der Waals surface area (Å²) in [6, 6.07) is 2.63. The van der Waals surface area contributed by atoms with Crippen molar-refractivity contribution < 1.29 is 5.11 Å². The van der Waals surface area contributed by atoms with Crippen LogP contribution in [0.5, 0.6) is 0 Å². The predicted octanol–water partition coefficient (Wildman–Crippen LogP) is 2.42. The molecule has 0 saturated carbocycles. The lowest BCUT2D eigenvalue weighted by atomic mass is 10.0. The first-order chi connectivity index (χ1) is 6.65. The molecule has 0 aliphatic carbocycles. The standard InChI is InChI=1S/C11H19NOS/c1-8(2)11(6-13)12-9(3)10-4-5-14-7-10/h4-5,7-9,11-13H,6H2,1-3H3/t9?,11-/m1/s1. The van der Waals surface area contributed by atoms with Crippen molar-refractivity contribution in [3.8, 4) is 0 Å². The maximum absolute atomic E-state index is 9.18. The molecule has 0 aliphatic heterocycles. The lowest BCUT2D eigenvalue weighted by Gasteiger charge is -2.24. The molecule has 0 aromatic carbocycles. The third-order valence-electron chi connectivity index (χ3n) is 2.51. The maximum Gasteiger partial charge on any atom is 0.0587 e. The van der Waals surface area contributed by atoms with Gasteiger partial charge in [0.05, 0.1) is 6.61 Å². The quantitative estimate of drug-likeness (QED) is 0.787. The molecule has 0 bridgehead atoms. The highest BCUT2D eigenvalue weighted by Gasteiger charge is 2.15. The fourth-order valence-electron chi connectivity index (χ4n) is 1.39.